The molecule has 5 aromatic carbocycles. The zero-order valence-electron chi connectivity index (χ0n) is 40.2. The van der Waals surface area contributed by atoms with Crippen molar-refractivity contribution < 1.29 is 57.1 Å². The normalized spacial score (nSPS) is 18.7. The van der Waals surface area contributed by atoms with Crippen molar-refractivity contribution in [1.82, 2.24) is 16.0 Å². The number of alkyl carbamates (subject to hydrolysis) is 1. The molecule has 1 aliphatic rings. The third-order valence-corrected chi connectivity index (χ3v) is 11.0. The Hall–Kier alpha value is -6.91. The van der Waals surface area contributed by atoms with Crippen LogP contribution in [0.15, 0.2) is 152 Å². The molecule has 0 unspecified atom stereocenters. The molecule has 5 aromatic rings. The first-order chi connectivity index (χ1) is 33.7. The highest BCUT2D eigenvalue weighted by Gasteiger charge is 2.51. The van der Waals surface area contributed by atoms with E-state index >= 15 is 0 Å². The molecule has 7 atom stereocenters. The highest BCUT2D eigenvalue weighted by molar-refractivity contribution is 5.93. The monoisotopic (exact) mass is 957 g/mol. The van der Waals surface area contributed by atoms with Gasteiger partial charge in [0.15, 0.2) is 12.3 Å². The quantitative estimate of drug-likeness (QED) is 0.0456. The predicted molar refractivity (Wildman–Crippen MR) is 259 cm³/mol. The molecule has 3 N–H and O–H groups in total. The fourth-order valence-corrected chi connectivity index (χ4v) is 7.49. The van der Waals surface area contributed by atoms with Crippen LogP contribution in [0.25, 0.3) is 0 Å². The predicted octanol–water partition coefficient (Wildman–Crippen LogP) is 7.61. The highest BCUT2D eigenvalue weighted by Crippen LogP contribution is 2.31. The Balaban J connectivity index is 1.33. The van der Waals surface area contributed by atoms with E-state index in [9.17, 15) is 24.0 Å². The molecule has 3 amide bonds. The first-order valence-corrected chi connectivity index (χ1v) is 23.4. The molecule has 15 nitrogen and oxygen atoms in total. The van der Waals surface area contributed by atoms with Gasteiger partial charge in [-0.1, -0.05) is 153 Å². The van der Waals surface area contributed by atoms with Gasteiger partial charge >= 0.3 is 18.0 Å². The Kier molecular flexibility index (Phi) is 19.6. The summed E-state index contributed by atoms with van der Waals surface area (Å²) in [5, 5.41) is 8.03. The van der Waals surface area contributed by atoms with Gasteiger partial charge in [-0.05, 0) is 61.1 Å². The molecule has 6 rings (SSSR count). The molecule has 1 heterocycles. The fraction of sp³-hybridized carbons (Fsp3) is 0.364. The summed E-state index contributed by atoms with van der Waals surface area (Å²) in [5.74, 6) is -3.54. The van der Waals surface area contributed by atoms with Crippen LogP contribution in [0.4, 0.5) is 4.79 Å². The second kappa shape index (κ2) is 26.2. The molecule has 0 spiro atoms. The van der Waals surface area contributed by atoms with Gasteiger partial charge in [0.2, 0.25) is 11.8 Å². The summed E-state index contributed by atoms with van der Waals surface area (Å²) in [6.45, 7) is 8.77. The molecule has 0 aromatic heterocycles. The maximum atomic E-state index is 14.5. The molecule has 1 fully saturated rings. The van der Waals surface area contributed by atoms with Crippen LogP contribution in [0.3, 0.4) is 0 Å². The molecule has 370 valence electrons. The number of carbonyl (C=O) groups is 5. The number of carbonyl (C=O) groups excluding carboxylic acids is 5. The SMILES string of the molecule is CC(C)[C@H](NC(=O)[C@H](CC(=O)N[C@H]1O[C@H](COCc2ccccc2)[C@@H](OCc2ccccc2)[C@H](OCc2ccccc2)[C@@H]1OC(=O)c1ccccc1)NC(=O)OCc1ccccc1)C(=O)OC(C)(C)C. The second-order valence-corrected chi connectivity index (χ2v) is 18.1. The van der Waals surface area contributed by atoms with Gasteiger partial charge < -0.3 is 49.1 Å². The van der Waals surface area contributed by atoms with E-state index in [-0.39, 0.29) is 38.6 Å². The molecular weight excluding hydrogens is 895 g/mol. The molecule has 70 heavy (non-hydrogen) atoms. The van der Waals surface area contributed by atoms with E-state index in [0.717, 1.165) is 16.7 Å². The number of esters is 2. The number of hydrogen-bond acceptors (Lipinski definition) is 12. The van der Waals surface area contributed by atoms with Crippen LogP contribution in [0.1, 0.15) is 73.7 Å². The lowest BCUT2D eigenvalue weighted by atomic mass is 9.96. The lowest BCUT2D eigenvalue weighted by Gasteiger charge is -2.46. The third kappa shape index (κ3) is 16.7. The minimum Gasteiger partial charge on any atom is -0.458 e. The maximum Gasteiger partial charge on any atom is 0.408 e. The van der Waals surface area contributed by atoms with Crippen molar-refractivity contribution in [3.8, 4) is 0 Å². The van der Waals surface area contributed by atoms with Crippen LogP contribution >= 0.6 is 0 Å². The van der Waals surface area contributed by atoms with Crippen molar-refractivity contribution in [3.63, 3.8) is 0 Å². The Morgan fingerprint density at radius 2 is 1.09 bits per heavy atom. The average molecular weight is 958 g/mol. The fourth-order valence-electron chi connectivity index (χ4n) is 7.49. The maximum absolute atomic E-state index is 14.5. The Morgan fingerprint density at radius 1 is 0.600 bits per heavy atom. The molecule has 0 aliphatic carbocycles. The summed E-state index contributed by atoms with van der Waals surface area (Å²) in [6.07, 6.45) is -7.43. The zero-order chi connectivity index (χ0) is 49.9. The number of benzene rings is 5. The van der Waals surface area contributed by atoms with Crippen molar-refractivity contribution in [2.45, 2.75) is 116 Å². The summed E-state index contributed by atoms with van der Waals surface area (Å²) in [7, 11) is 0. The zero-order valence-corrected chi connectivity index (χ0v) is 40.2. The van der Waals surface area contributed by atoms with Crippen molar-refractivity contribution >= 4 is 29.8 Å². The van der Waals surface area contributed by atoms with E-state index in [2.05, 4.69) is 16.0 Å². The summed E-state index contributed by atoms with van der Waals surface area (Å²) in [4.78, 5) is 69.5. The van der Waals surface area contributed by atoms with Gasteiger partial charge in [-0.25, -0.2) is 14.4 Å². The average Bonchev–Trinajstić information content (AvgIpc) is 3.35. The van der Waals surface area contributed by atoms with Gasteiger partial charge in [-0.3, -0.25) is 9.59 Å². The van der Waals surface area contributed by atoms with Crippen LogP contribution in [0.2, 0.25) is 0 Å². The van der Waals surface area contributed by atoms with Crippen LogP contribution in [0, 0.1) is 5.92 Å². The largest absolute Gasteiger partial charge is 0.458 e. The standard InChI is InChI=1S/C55H63N3O12/c1-37(2)46(53(62)70-55(3,4)5)58-50(60)43(56-54(63)67-35-41-27-17-9-18-28-41)31-45(59)57-51-49(69-52(61)42-29-19-10-20-30-42)48(66-34-40-25-15-8-16-26-40)47(65-33-39-23-13-7-14-24-39)44(68-51)36-64-32-38-21-11-6-12-22-38/h6-30,37,43-44,46-49,51H,31-36H2,1-5H3,(H,56,63)(H,57,59)(H,58,60)/t43-,44+,46-,47+,48-,49-,51-/m0/s1. The smallest absolute Gasteiger partial charge is 0.408 e. The lowest BCUT2D eigenvalue weighted by Crippen LogP contribution is -2.66. The third-order valence-electron chi connectivity index (χ3n) is 11.0. The number of hydrogen-bond donors (Lipinski definition) is 3. The first kappa shape index (κ1) is 52.5. The number of nitrogens with one attached hydrogen (secondary N) is 3. The van der Waals surface area contributed by atoms with E-state index in [4.69, 9.17) is 33.2 Å². The Labute approximate surface area is 409 Å². The van der Waals surface area contributed by atoms with Crippen molar-refractivity contribution in [2.75, 3.05) is 6.61 Å². The van der Waals surface area contributed by atoms with Gasteiger partial charge in [0, 0.05) is 0 Å². The summed E-state index contributed by atoms with van der Waals surface area (Å²) in [5.41, 5.74) is 2.61. The van der Waals surface area contributed by atoms with Gasteiger partial charge in [0.05, 0.1) is 38.4 Å². The Morgan fingerprint density at radius 3 is 1.60 bits per heavy atom. The van der Waals surface area contributed by atoms with Crippen LogP contribution in [-0.2, 0) is 74.0 Å². The van der Waals surface area contributed by atoms with Gasteiger partial charge in [0.25, 0.3) is 0 Å². The molecule has 0 radical (unpaired) electrons. The molecular formula is C55H63N3O12. The molecule has 1 aliphatic heterocycles. The summed E-state index contributed by atoms with van der Waals surface area (Å²) < 4.78 is 43.7. The number of amides is 3. The van der Waals surface area contributed by atoms with Crippen molar-refractivity contribution in [1.29, 1.82) is 0 Å². The summed E-state index contributed by atoms with van der Waals surface area (Å²) in [6, 6.07) is 43.0. The number of ether oxygens (including phenoxy) is 7. The van der Waals surface area contributed by atoms with Crippen LogP contribution in [-0.4, -0.2) is 84.8 Å². The topological polar surface area (TPSA) is 186 Å². The van der Waals surface area contributed by atoms with Gasteiger partial charge in [0.1, 0.15) is 42.6 Å². The molecule has 15 heteroatoms. The van der Waals surface area contributed by atoms with E-state index in [1.807, 2.05) is 97.1 Å². The van der Waals surface area contributed by atoms with Crippen molar-refractivity contribution in [3.05, 3.63) is 179 Å². The first-order valence-electron chi connectivity index (χ1n) is 23.4. The lowest BCUT2D eigenvalue weighted by molar-refractivity contribution is -0.265. The second-order valence-electron chi connectivity index (χ2n) is 18.1. The molecule has 0 saturated carbocycles. The molecule has 0 bridgehead atoms. The van der Waals surface area contributed by atoms with Crippen molar-refractivity contribution in [2.24, 2.45) is 5.92 Å². The highest BCUT2D eigenvalue weighted by atomic mass is 16.6. The summed E-state index contributed by atoms with van der Waals surface area (Å²) >= 11 is 0. The number of rotatable bonds is 22. The van der Waals surface area contributed by atoms with E-state index < -0.39 is 90.5 Å². The van der Waals surface area contributed by atoms with E-state index in [1.165, 1.54) is 0 Å². The van der Waals surface area contributed by atoms with E-state index in [1.54, 1.807) is 89.2 Å². The Bertz CT molecular complexity index is 2400. The van der Waals surface area contributed by atoms with Gasteiger partial charge in [-0.2, -0.15) is 0 Å². The minimum absolute atomic E-state index is 0.0492. The van der Waals surface area contributed by atoms with Gasteiger partial charge in [-0.15, -0.1) is 0 Å². The van der Waals surface area contributed by atoms with Crippen LogP contribution in [0.5, 0.6) is 0 Å². The molecule has 1 saturated heterocycles. The minimum atomic E-state index is -1.59. The van der Waals surface area contributed by atoms with E-state index in [0.29, 0.717) is 5.56 Å². The van der Waals surface area contributed by atoms with Crippen LogP contribution < -0.4 is 16.0 Å².